The Labute approximate surface area is 254 Å². The van der Waals surface area contributed by atoms with Crippen molar-refractivity contribution in [1.29, 1.82) is 0 Å². The van der Waals surface area contributed by atoms with E-state index in [-0.39, 0.29) is 23.7 Å². The summed E-state index contributed by atoms with van der Waals surface area (Å²) < 4.78 is 37.3. The third-order valence-electron chi connectivity index (χ3n) is 6.31. The van der Waals surface area contributed by atoms with Gasteiger partial charge in [-0.2, -0.15) is 28.9 Å². The van der Waals surface area contributed by atoms with Gasteiger partial charge in [-0.15, -0.1) is 0 Å². The second kappa shape index (κ2) is 14.6. The molecular formula is C30H32N6O7S. The van der Waals surface area contributed by atoms with E-state index in [0.29, 0.717) is 34.1 Å². The van der Waals surface area contributed by atoms with Gasteiger partial charge in [-0.3, -0.25) is 4.55 Å². The molecule has 0 aliphatic heterocycles. The van der Waals surface area contributed by atoms with Crippen molar-refractivity contribution < 1.29 is 33.0 Å². The van der Waals surface area contributed by atoms with Crippen molar-refractivity contribution in [2.45, 2.75) is 24.2 Å². The van der Waals surface area contributed by atoms with E-state index in [1.54, 1.807) is 54.6 Å². The first kappa shape index (κ1) is 32.2. The average molecular weight is 621 g/mol. The van der Waals surface area contributed by atoms with Crippen LogP contribution in [0.5, 0.6) is 5.75 Å². The van der Waals surface area contributed by atoms with Gasteiger partial charge in [0.15, 0.2) is 6.23 Å². The van der Waals surface area contributed by atoms with E-state index >= 15 is 0 Å². The Morgan fingerprint density at radius 2 is 1.52 bits per heavy atom. The van der Waals surface area contributed by atoms with Gasteiger partial charge in [0.1, 0.15) is 5.75 Å². The van der Waals surface area contributed by atoms with E-state index in [4.69, 9.17) is 9.84 Å². The maximum absolute atomic E-state index is 11.3. The third kappa shape index (κ3) is 8.89. The number of hydrogen-bond donors (Lipinski definition) is 6. The van der Waals surface area contributed by atoms with Crippen LogP contribution in [0, 0.1) is 6.92 Å². The second-order valence-corrected chi connectivity index (χ2v) is 11.0. The monoisotopic (exact) mass is 620 g/mol. The smallest absolute Gasteiger partial charge is 0.294 e. The molecule has 0 fully saturated rings. The Balaban J connectivity index is 1.39. The summed E-state index contributed by atoms with van der Waals surface area (Å²) in [7, 11) is -2.89. The molecule has 14 heteroatoms. The summed E-state index contributed by atoms with van der Waals surface area (Å²) in [4.78, 5) is -0.289. The minimum absolute atomic E-state index is 0.230. The van der Waals surface area contributed by atoms with Crippen LogP contribution >= 0.6 is 0 Å². The SMILES string of the molecule is COc1cc(N=Nc2cccc(S(=O)(=O)O)c2)ccc1NC(O)c1ccc(N=Nc2ccc(NCC(O)CO)cc2C)cc1. The van der Waals surface area contributed by atoms with E-state index in [9.17, 15) is 23.2 Å². The van der Waals surface area contributed by atoms with E-state index < -0.39 is 22.4 Å². The van der Waals surface area contributed by atoms with E-state index in [0.717, 1.165) is 11.3 Å². The summed E-state index contributed by atoms with van der Waals surface area (Å²) >= 11 is 0. The van der Waals surface area contributed by atoms with Gasteiger partial charge in [-0.1, -0.05) is 18.2 Å². The number of methoxy groups -OCH3 is 1. The summed E-state index contributed by atoms with van der Waals surface area (Å²) in [5.41, 5.74) is 4.64. The van der Waals surface area contributed by atoms with E-state index in [1.807, 2.05) is 19.1 Å². The summed E-state index contributed by atoms with van der Waals surface area (Å²) in [6, 6.07) is 22.7. The van der Waals surface area contributed by atoms with Crippen LogP contribution in [0.2, 0.25) is 0 Å². The fourth-order valence-electron chi connectivity index (χ4n) is 3.93. The molecule has 0 heterocycles. The number of nitrogens with one attached hydrogen (secondary N) is 2. The molecule has 0 aliphatic carbocycles. The van der Waals surface area contributed by atoms with Crippen molar-refractivity contribution in [2.24, 2.45) is 20.5 Å². The van der Waals surface area contributed by atoms with Crippen LogP contribution in [0.3, 0.4) is 0 Å². The highest BCUT2D eigenvalue weighted by Crippen LogP contribution is 2.33. The molecule has 0 saturated carbocycles. The molecule has 4 rings (SSSR count). The number of hydrogen-bond acceptors (Lipinski definition) is 12. The molecule has 0 aromatic heterocycles. The number of ether oxygens (including phenoxy) is 1. The van der Waals surface area contributed by atoms with Crippen molar-refractivity contribution in [3.05, 3.63) is 96.1 Å². The van der Waals surface area contributed by atoms with Gasteiger partial charge in [0, 0.05) is 23.9 Å². The molecule has 0 radical (unpaired) electrons. The highest BCUT2D eigenvalue weighted by atomic mass is 32.2. The Kier molecular flexibility index (Phi) is 10.7. The predicted octanol–water partition coefficient (Wildman–Crippen LogP) is 5.95. The zero-order valence-electron chi connectivity index (χ0n) is 23.9. The number of azo groups is 2. The average Bonchev–Trinajstić information content (AvgIpc) is 3.02. The Bertz CT molecular complexity index is 1750. The van der Waals surface area contributed by atoms with Crippen LogP contribution < -0.4 is 15.4 Å². The standard InChI is InChI=1S/C30H32N6O7S/c1-19-14-22(31-17-25(38)18-37)10-12-27(19)36-33-21-8-6-20(7-9-21)30(39)32-28-13-11-24(16-29(28)43-2)35-34-23-4-3-5-26(15-23)44(40,41)42/h3-16,25,30-32,37-39H,17-18H2,1-2H3,(H,40,41,42). The summed E-state index contributed by atoms with van der Waals surface area (Å²) in [6.45, 7) is 1.80. The molecule has 13 nitrogen and oxygen atoms in total. The first-order valence-corrected chi connectivity index (χ1v) is 14.8. The van der Waals surface area contributed by atoms with Crippen molar-refractivity contribution >= 4 is 44.2 Å². The molecule has 0 amide bonds. The Morgan fingerprint density at radius 3 is 2.18 bits per heavy atom. The molecule has 0 saturated heterocycles. The van der Waals surface area contributed by atoms with Crippen LogP contribution in [0.1, 0.15) is 17.4 Å². The van der Waals surface area contributed by atoms with Crippen molar-refractivity contribution in [1.82, 2.24) is 0 Å². The molecule has 2 atom stereocenters. The summed E-state index contributed by atoms with van der Waals surface area (Å²) in [5, 5.41) is 52.0. The van der Waals surface area contributed by atoms with Crippen molar-refractivity contribution in [3.8, 4) is 5.75 Å². The molecular weight excluding hydrogens is 588 g/mol. The van der Waals surface area contributed by atoms with Crippen LogP contribution in [0.15, 0.2) is 110 Å². The lowest BCUT2D eigenvalue weighted by Gasteiger charge is -2.17. The number of aryl methyl sites for hydroxylation is 1. The van der Waals surface area contributed by atoms with Crippen molar-refractivity contribution in [3.63, 3.8) is 0 Å². The van der Waals surface area contributed by atoms with Gasteiger partial charge in [-0.25, -0.2) is 0 Å². The first-order chi connectivity index (χ1) is 21.0. The number of nitrogens with zero attached hydrogens (tertiary/aromatic N) is 4. The van der Waals surface area contributed by atoms with Crippen LogP contribution in [-0.4, -0.2) is 54.7 Å². The maximum atomic E-state index is 11.3. The fourth-order valence-corrected chi connectivity index (χ4v) is 4.45. The minimum Gasteiger partial charge on any atom is -0.495 e. The molecule has 0 aliphatic rings. The number of aliphatic hydroxyl groups is 3. The maximum Gasteiger partial charge on any atom is 0.294 e. The predicted molar refractivity (Wildman–Crippen MR) is 165 cm³/mol. The number of aliphatic hydroxyl groups excluding tert-OH is 3. The Morgan fingerprint density at radius 1 is 0.841 bits per heavy atom. The van der Waals surface area contributed by atoms with Gasteiger partial charge < -0.3 is 30.7 Å². The zero-order valence-corrected chi connectivity index (χ0v) is 24.7. The molecule has 4 aromatic carbocycles. The van der Waals surface area contributed by atoms with Crippen LogP contribution in [0.25, 0.3) is 0 Å². The van der Waals surface area contributed by atoms with Gasteiger partial charge in [0.05, 0.1) is 53.2 Å². The van der Waals surface area contributed by atoms with Crippen molar-refractivity contribution in [2.75, 3.05) is 30.9 Å². The molecule has 4 aromatic rings. The lowest BCUT2D eigenvalue weighted by Crippen LogP contribution is -2.22. The van der Waals surface area contributed by atoms with Crippen LogP contribution in [0.4, 0.5) is 34.1 Å². The van der Waals surface area contributed by atoms with Gasteiger partial charge in [0.25, 0.3) is 10.1 Å². The third-order valence-corrected chi connectivity index (χ3v) is 7.15. The van der Waals surface area contributed by atoms with E-state index in [1.165, 1.54) is 25.3 Å². The summed E-state index contributed by atoms with van der Waals surface area (Å²) in [6.07, 6.45) is -1.91. The molecule has 2 unspecified atom stereocenters. The molecule has 0 spiro atoms. The lowest BCUT2D eigenvalue weighted by molar-refractivity contribution is 0.105. The lowest BCUT2D eigenvalue weighted by atomic mass is 10.1. The normalized spacial score (nSPS) is 13.2. The van der Waals surface area contributed by atoms with Crippen LogP contribution in [-0.2, 0) is 10.1 Å². The second-order valence-electron chi connectivity index (χ2n) is 9.61. The quantitative estimate of drug-likeness (QED) is 0.0594. The number of rotatable bonds is 13. The highest BCUT2D eigenvalue weighted by molar-refractivity contribution is 7.85. The first-order valence-electron chi connectivity index (χ1n) is 13.3. The van der Waals surface area contributed by atoms with Gasteiger partial charge >= 0.3 is 0 Å². The summed E-state index contributed by atoms with van der Waals surface area (Å²) in [5.74, 6) is 0.388. The van der Waals surface area contributed by atoms with Gasteiger partial charge in [0.2, 0.25) is 0 Å². The number of benzene rings is 4. The molecule has 6 N–H and O–H groups in total. The highest BCUT2D eigenvalue weighted by Gasteiger charge is 2.13. The Hall–Kier alpha value is -4.73. The van der Waals surface area contributed by atoms with E-state index in [2.05, 4.69) is 31.1 Å². The van der Waals surface area contributed by atoms with Gasteiger partial charge in [-0.05, 0) is 73.2 Å². The molecule has 230 valence electrons. The fraction of sp³-hybridized carbons (Fsp3) is 0.200. The minimum atomic E-state index is -4.36. The molecule has 0 bridgehead atoms. The number of anilines is 2. The largest absolute Gasteiger partial charge is 0.495 e. The topological polar surface area (TPSA) is 198 Å². The zero-order chi connectivity index (χ0) is 31.7. The molecule has 44 heavy (non-hydrogen) atoms.